The van der Waals surface area contributed by atoms with Crippen molar-refractivity contribution in [2.75, 3.05) is 46.1 Å². The average Bonchev–Trinajstić information content (AvgIpc) is 3.21. The Balaban J connectivity index is 1.69. The second-order valence-electron chi connectivity index (χ2n) is 7.63. The van der Waals surface area contributed by atoms with Crippen LogP contribution in [0.4, 0.5) is 0 Å². The van der Waals surface area contributed by atoms with Gasteiger partial charge in [0.1, 0.15) is 5.75 Å². The molecule has 0 saturated carbocycles. The Hall–Kier alpha value is -1.79. The van der Waals surface area contributed by atoms with Crippen LogP contribution < -0.4 is 15.4 Å². The van der Waals surface area contributed by atoms with Gasteiger partial charge in [0.05, 0.1) is 26.4 Å². The highest BCUT2D eigenvalue weighted by molar-refractivity contribution is 5.79. The van der Waals surface area contributed by atoms with Crippen LogP contribution in [-0.4, -0.2) is 52.1 Å². The molecule has 1 saturated heterocycles. The van der Waals surface area contributed by atoms with Crippen LogP contribution in [0.5, 0.6) is 5.75 Å². The maximum absolute atomic E-state index is 5.80. The van der Waals surface area contributed by atoms with E-state index >= 15 is 0 Å². The number of rotatable bonds is 12. The van der Waals surface area contributed by atoms with Gasteiger partial charge in [-0.1, -0.05) is 26.0 Å². The third kappa shape index (κ3) is 9.42. The van der Waals surface area contributed by atoms with E-state index < -0.39 is 0 Å². The van der Waals surface area contributed by atoms with E-state index in [-0.39, 0.29) is 0 Å². The summed E-state index contributed by atoms with van der Waals surface area (Å²) in [5.74, 6) is 2.83. The molecule has 1 heterocycles. The molecule has 0 bridgehead atoms. The molecule has 1 aliphatic rings. The first-order valence-corrected chi connectivity index (χ1v) is 10.6. The van der Waals surface area contributed by atoms with Gasteiger partial charge in [-0.2, -0.15) is 0 Å². The molecule has 0 spiro atoms. The molecule has 1 aromatic carbocycles. The fourth-order valence-corrected chi connectivity index (χ4v) is 2.85. The van der Waals surface area contributed by atoms with Crippen LogP contribution in [-0.2, 0) is 16.0 Å². The largest absolute Gasteiger partial charge is 0.493 e. The predicted molar refractivity (Wildman–Crippen MR) is 114 cm³/mol. The molecule has 28 heavy (non-hydrogen) atoms. The average molecular weight is 392 g/mol. The first-order chi connectivity index (χ1) is 13.7. The molecule has 2 N–H and O–H groups in total. The lowest BCUT2D eigenvalue weighted by Gasteiger charge is -2.13. The van der Waals surface area contributed by atoms with Gasteiger partial charge in [0, 0.05) is 32.2 Å². The van der Waals surface area contributed by atoms with E-state index in [1.54, 1.807) is 0 Å². The van der Waals surface area contributed by atoms with Gasteiger partial charge < -0.3 is 24.8 Å². The summed E-state index contributed by atoms with van der Waals surface area (Å²) in [7, 11) is 0. The van der Waals surface area contributed by atoms with Crippen molar-refractivity contribution in [3.63, 3.8) is 0 Å². The van der Waals surface area contributed by atoms with Crippen molar-refractivity contribution in [2.24, 2.45) is 16.8 Å². The van der Waals surface area contributed by atoms with Gasteiger partial charge in [-0.25, -0.2) is 4.99 Å². The Bertz CT molecular complexity index is 572. The molecule has 6 nitrogen and oxygen atoms in total. The van der Waals surface area contributed by atoms with Gasteiger partial charge in [-0.15, -0.1) is 0 Å². The topological polar surface area (TPSA) is 64.1 Å². The Morgan fingerprint density at radius 2 is 2.21 bits per heavy atom. The second-order valence-corrected chi connectivity index (χ2v) is 7.63. The molecule has 0 aliphatic carbocycles. The van der Waals surface area contributed by atoms with Crippen molar-refractivity contribution in [1.29, 1.82) is 0 Å². The summed E-state index contributed by atoms with van der Waals surface area (Å²) in [5, 5.41) is 6.67. The predicted octanol–water partition coefficient (Wildman–Crippen LogP) is 3.22. The normalized spacial score (nSPS) is 17.1. The number of nitrogens with one attached hydrogen (secondary N) is 2. The van der Waals surface area contributed by atoms with Gasteiger partial charge in [0.25, 0.3) is 0 Å². The zero-order valence-electron chi connectivity index (χ0n) is 17.7. The molecular formula is C22H37N3O3. The van der Waals surface area contributed by atoms with E-state index in [1.165, 1.54) is 0 Å². The number of hydrogen-bond donors (Lipinski definition) is 2. The Labute approximate surface area is 170 Å². The van der Waals surface area contributed by atoms with Crippen molar-refractivity contribution >= 4 is 5.96 Å². The highest BCUT2D eigenvalue weighted by Gasteiger charge is 2.15. The lowest BCUT2D eigenvalue weighted by Crippen LogP contribution is -2.38. The van der Waals surface area contributed by atoms with E-state index in [0.717, 1.165) is 76.2 Å². The summed E-state index contributed by atoms with van der Waals surface area (Å²) >= 11 is 0. The summed E-state index contributed by atoms with van der Waals surface area (Å²) in [6, 6.07) is 8.16. The number of benzene rings is 1. The molecule has 1 fully saturated rings. The third-order valence-corrected chi connectivity index (χ3v) is 4.38. The number of ether oxygens (including phenoxy) is 3. The van der Waals surface area contributed by atoms with Crippen molar-refractivity contribution in [3.05, 3.63) is 29.8 Å². The maximum atomic E-state index is 5.80. The number of guanidine groups is 1. The molecule has 1 atom stereocenters. The molecule has 0 radical (unpaired) electrons. The highest BCUT2D eigenvalue weighted by Crippen LogP contribution is 2.15. The fraction of sp³-hybridized carbons (Fsp3) is 0.682. The molecule has 158 valence electrons. The Morgan fingerprint density at radius 1 is 1.32 bits per heavy atom. The van der Waals surface area contributed by atoms with E-state index in [2.05, 4.69) is 48.5 Å². The second kappa shape index (κ2) is 13.4. The first kappa shape index (κ1) is 22.5. The quantitative estimate of drug-likeness (QED) is 0.325. The van der Waals surface area contributed by atoms with Gasteiger partial charge in [-0.3, -0.25) is 0 Å². The van der Waals surface area contributed by atoms with E-state index in [9.17, 15) is 0 Å². The molecular weight excluding hydrogens is 354 g/mol. The summed E-state index contributed by atoms with van der Waals surface area (Å²) in [6.45, 7) is 12.7. The van der Waals surface area contributed by atoms with Crippen LogP contribution in [0.2, 0.25) is 0 Å². The lowest BCUT2D eigenvalue weighted by atomic mass is 10.1. The van der Waals surface area contributed by atoms with Crippen LogP contribution in [0.3, 0.4) is 0 Å². The van der Waals surface area contributed by atoms with Crippen LogP contribution in [0.25, 0.3) is 0 Å². The molecule has 0 aromatic heterocycles. The summed E-state index contributed by atoms with van der Waals surface area (Å²) < 4.78 is 16.9. The molecule has 2 rings (SSSR count). The van der Waals surface area contributed by atoms with Gasteiger partial charge in [-0.05, 0) is 43.4 Å². The minimum atomic E-state index is 0.515. The fourth-order valence-electron chi connectivity index (χ4n) is 2.85. The monoisotopic (exact) mass is 391 g/mol. The van der Waals surface area contributed by atoms with Crippen LogP contribution in [0, 0.1) is 11.8 Å². The van der Waals surface area contributed by atoms with Gasteiger partial charge >= 0.3 is 0 Å². The van der Waals surface area contributed by atoms with Crippen molar-refractivity contribution in [3.8, 4) is 5.75 Å². The maximum Gasteiger partial charge on any atom is 0.191 e. The standard InChI is InChI=1S/C22H37N3O3/c1-4-23-22(24-10-6-11-26-16-20-9-12-27-17-20)25-14-19-7-5-8-21(13-19)28-15-18(2)3/h5,7-8,13,18,20H,4,6,9-12,14-17H2,1-3H3,(H2,23,24,25). The molecule has 1 unspecified atom stereocenters. The van der Waals surface area contributed by atoms with Crippen molar-refractivity contribution in [1.82, 2.24) is 10.6 Å². The van der Waals surface area contributed by atoms with E-state index in [0.29, 0.717) is 18.4 Å². The van der Waals surface area contributed by atoms with Gasteiger partial charge in [0.2, 0.25) is 0 Å². The number of hydrogen-bond acceptors (Lipinski definition) is 4. The Morgan fingerprint density at radius 3 is 2.96 bits per heavy atom. The molecule has 0 amide bonds. The zero-order valence-corrected chi connectivity index (χ0v) is 17.7. The summed E-state index contributed by atoms with van der Waals surface area (Å²) in [5.41, 5.74) is 1.14. The minimum Gasteiger partial charge on any atom is -0.493 e. The van der Waals surface area contributed by atoms with Gasteiger partial charge in [0.15, 0.2) is 5.96 Å². The third-order valence-electron chi connectivity index (χ3n) is 4.38. The van der Waals surface area contributed by atoms with E-state index in [1.807, 2.05) is 12.1 Å². The minimum absolute atomic E-state index is 0.515. The SMILES string of the molecule is CCNC(=NCc1cccc(OCC(C)C)c1)NCCCOCC1CCOC1. The molecule has 6 heteroatoms. The summed E-state index contributed by atoms with van der Waals surface area (Å²) in [6.07, 6.45) is 2.08. The van der Waals surface area contributed by atoms with Crippen molar-refractivity contribution in [2.45, 2.75) is 40.2 Å². The summed E-state index contributed by atoms with van der Waals surface area (Å²) in [4.78, 5) is 4.68. The smallest absolute Gasteiger partial charge is 0.191 e. The molecule has 1 aliphatic heterocycles. The van der Waals surface area contributed by atoms with Crippen LogP contribution in [0.15, 0.2) is 29.3 Å². The lowest BCUT2D eigenvalue weighted by molar-refractivity contribution is 0.0888. The van der Waals surface area contributed by atoms with Crippen LogP contribution in [0.1, 0.15) is 39.2 Å². The van der Waals surface area contributed by atoms with E-state index in [4.69, 9.17) is 14.2 Å². The number of aliphatic imine (C=N–C) groups is 1. The highest BCUT2D eigenvalue weighted by atomic mass is 16.5. The Kier molecular flexibility index (Phi) is 10.8. The van der Waals surface area contributed by atoms with Crippen molar-refractivity contribution < 1.29 is 14.2 Å². The first-order valence-electron chi connectivity index (χ1n) is 10.6. The molecule has 1 aromatic rings. The number of nitrogens with zero attached hydrogens (tertiary/aromatic N) is 1. The zero-order chi connectivity index (χ0) is 20.0. The van der Waals surface area contributed by atoms with Crippen LogP contribution >= 0.6 is 0 Å².